The van der Waals surface area contributed by atoms with Crippen molar-refractivity contribution >= 4 is 5.91 Å². The molecule has 0 radical (unpaired) electrons. The predicted molar refractivity (Wildman–Crippen MR) is 77.5 cm³/mol. The lowest BCUT2D eigenvalue weighted by Crippen LogP contribution is -2.38. The van der Waals surface area contributed by atoms with Crippen molar-refractivity contribution in [3.8, 4) is 0 Å². The Balaban J connectivity index is 1.71. The number of nitrogens with zero attached hydrogens (tertiary/aromatic N) is 5. The highest BCUT2D eigenvalue weighted by molar-refractivity contribution is 5.76. The first-order valence-corrected chi connectivity index (χ1v) is 7.24. The molecule has 110 valence electrons. The Labute approximate surface area is 123 Å². The molecule has 1 aliphatic heterocycles. The van der Waals surface area contributed by atoms with E-state index in [0.717, 1.165) is 23.4 Å². The Hall–Kier alpha value is -2.24. The van der Waals surface area contributed by atoms with E-state index in [9.17, 15) is 4.79 Å². The second kappa shape index (κ2) is 5.63. The number of hydrogen-bond acceptors (Lipinski definition) is 4. The molecule has 3 rings (SSSR count). The average molecular weight is 285 g/mol. The van der Waals surface area contributed by atoms with Crippen LogP contribution in [0.4, 0.5) is 0 Å². The maximum atomic E-state index is 12.3. The lowest BCUT2D eigenvalue weighted by molar-refractivity contribution is -0.133. The van der Waals surface area contributed by atoms with Crippen LogP contribution in [0.1, 0.15) is 36.7 Å². The van der Waals surface area contributed by atoms with Gasteiger partial charge in [-0.2, -0.15) is 15.0 Å². The van der Waals surface area contributed by atoms with Crippen molar-refractivity contribution in [2.45, 2.75) is 39.3 Å². The van der Waals surface area contributed by atoms with E-state index in [-0.39, 0.29) is 12.5 Å². The molecular weight excluding hydrogens is 266 g/mol. The molecule has 0 saturated heterocycles. The number of hydrogen-bond donors (Lipinski definition) is 0. The molecule has 0 fully saturated rings. The van der Waals surface area contributed by atoms with Crippen molar-refractivity contribution in [1.29, 1.82) is 0 Å². The number of rotatable bonds is 3. The van der Waals surface area contributed by atoms with Crippen molar-refractivity contribution in [2.75, 3.05) is 6.54 Å². The van der Waals surface area contributed by atoms with E-state index in [2.05, 4.69) is 36.2 Å². The Morgan fingerprint density at radius 1 is 1.29 bits per heavy atom. The molecule has 6 heteroatoms. The zero-order valence-electron chi connectivity index (χ0n) is 12.4. The minimum Gasteiger partial charge on any atom is -0.336 e. The van der Waals surface area contributed by atoms with Gasteiger partial charge in [0.05, 0.1) is 12.4 Å². The Morgan fingerprint density at radius 2 is 2.05 bits per heavy atom. The Kier molecular flexibility index (Phi) is 3.68. The number of pyridine rings is 1. The summed E-state index contributed by atoms with van der Waals surface area (Å²) in [4.78, 5) is 20.2. The van der Waals surface area contributed by atoms with Crippen molar-refractivity contribution in [1.82, 2.24) is 24.9 Å². The summed E-state index contributed by atoms with van der Waals surface area (Å²) in [5.41, 5.74) is 3.39. The van der Waals surface area contributed by atoms with Gasteiger partial charge in [0.25, 0.3) is 0 Å². The molecule has 0 aromatic carbocycles. The number of carbonyl (C=O) groups is 1. The van der Waals surface area contributed by atoms with Gasteiger partial charge in [-0.25, -0.2) is 0 Å². The van der Waals surface area contributed by atoms with Crippen molar-refractivity contribution in [3.63, 3.8) is 0 Å². The molecule has 21 heavy (non-hydrogen) atoms. The van der Waals surface area contributed by atoms with E-state index in [1.165, 1.54) is 4.80 Å². The first-order valence-electron chi connectivity index (χ1n) is 7.24. The summed E-state index contributed by atoms with van der Waals surface area (Å²) in [6.07, 6.45) is 3.97. The van der Waals surface area contributed by atoms with Gasteiger partial charge in [-0.1, -0.05) is 19.9 Å². The van der Waals surface area contributed by atoms with Crippen LogP contribution in [0.2, 0.25) is 0 Å². The molecule has 0 atom stereocenters. The molecule has 1 aliphatic rings. The zero-order chi connectivity index (χ0) is 14.8. The number of carbonyl (C=O) groups excluding carboxylic acids is 1. The SMILES string of the molecule is CC(C)c1ccc2c(n1)CCN(C(=O)Cn1nccn1)C2. The maximum Gasteiger partial charge on any atom is 0.246 e. The van der Waals surface area contributed by atoms with Crippen LogP contribution < -0.4 is 0 Å². The second-order valence-electron chi connectivity index (χ2n) is 5.62. The first-order chi connectivity index (χ1) is 10.1. The van der Waals surface area contributed by atoms with Crippen molar-refractivity contribution in [2.24, 2.45) is 0 Å². The summed E-state index contributed by atoms with van der Waals surface area (Å²) >= 11 is 0. The maximum absolute atomic E-state index is 12.3. The van der Waals surface area contributed by atoms with Crippen LogP contribution in [0.15, 0.2) is 24.5 Å². The topological polar surface area (TPSA) is 63.9 Å². The molecule has 0 bridgehead atoms. The van der Waals surface area contributed by atoms with Crippen LogP contribution in [0.25, 0.3) is 0 Å². The summed E-state index contributed by atoms with van der Waals surface area (Å²) in [6.45, 7) is 5.82. The highest BCUT2D eigenvalue weighted by Gasteiger charge is 2.22. The molecule has 0 saturated carbocycles. The molecule has 1 amide bonds. The lowest BCUT2D eigenvalue weighted by Gasteiger charge is -2.28. The van der Waals surface area contributed by atoms with E-state index < -0.39 is 0 Å². The summed E-state index contributed by atoms with van der Waals surface area (Å²) in [6, 6.07) is 4.16. The normalized spacial score (nSPS) is 14.3. The number of amides is 1. The minimum absolute atomic E-state index is 0.0461. The summed E-state index contributed by atoms with van der Waals surface area (Å²) < 4.78 is 0. The number of fused-ring (bicyclic) bond motifs is 1. The predicted octanol–water partition coefficient (Wildman–Crippen LogP) is 1.38. The minimum atomic E-state index is 0.0461. The van der Waals surface area contributed by atoms with E-state index in [1.807, 2.05) is 4.90 Å². The van der Waals surface area contributed by atoms with Crippen LogP contribution in [0, 0.1) is 0 Å². The molecule has 2 aromatic rings. The smallest absolute Gasteiger partial charge is 0.246 e. The lowest BCUT2D eigenvalue weighted by atomic mass is 10.0. The Bertz CT molecular complexity index is 636. The van der Waals surface area contributed by atoms with Gasteiger partial charge in [-0.05, 0) is 17.5 Å². The van der Waals surface area contributed by atoms with Crippen LogP contribution in [0.5, 0.6) is 0 Å². The molecular formula is C15H19N5O. The monoisotopic (exact) mass is 285 g/mol. The molecule has 0 unspecified atom stereocenters. The van der Waals surface area contributed by atoms with Gasteiger partial charge < -0.3 is 4.90 Å². The zero-order valence-corrected chi connectivity index (χ0v) is 12.4. The Morgan fingerprint density at radius 3 is 2.76 bits per heavy atom. The third-order valence-electron chi connectivity index (χ3n) is 3.76. The number of aromatic nitrogens is 4. The van der Waals surface area contributed by atoms with Crippen LogP contribution in [-0.4, -0.2) is 37.3 Å². The quantitative estimate of drug-likeness (QED) is 0.854. The fraction of sp³-hybridized carbons (Fsp3) is 0.467. The highest BCUT2D eigenvalue weighted by Crippen LogP contribution is 2.21. The van der Waals surface area contributed by atoms with E-state index in [4.69, 9.17) is 4.98 Å². The van der Waals surface area contributed by atoms with E-state index in [0.29, 0.717) is 19.0 Å². The summed E-state index contributed by atoms with van der Waals surface area (Å²) in [5.74, 6) is 0.477. The van der Waals surface area contributed by atoms with Crippen molar-refractivity contribution < 1.29 is 4.79 Å². The van der Waals surface area contributed by atoms with Gasteiger partial charge in [-0.3, -0.25) is 9.78 Å². The van der Waals surface area contributed by atoms with Crippen LogP contribution in [-0.2, 0) is 24.3 Å². The largest absolute Gasteiger partial charge is 0.336 e. The summed E-state index contributed by atoms with van der Waals surface area (Å²) in [5, 5.41) is 7.94. The van der Waals surface area contributed by atoms with E-state index >= 15 is 0 Å². The molecule has 3 heterocycles. The summed E-state index contributed by atoms with van der Waals surface area (Å²) in [7, 11) is 0. The van der Waals surface area contributed by atoms with Gasteiger partial charge in [-0.15, -0.1) is 0 Å². The average Bonchev–Trinajstić information content (AvgIpc) is 2.99. The standard InChI is InChI=1S/C15H19N5O/c1-11(2)13-4-3-12-9-19(8-5-14(12)18-13)15(21)10-20-16-6-7-17-20/h3-4,6-7,11H,5,8-10H2,1-2H3. The van der Waals surface area contributed by atoms with Gasteiger partial charge in [0.2, 0.25) is 5.91 Å². The molecule has 2 aromatic heterocycles. The molecule has 0 spiro atoms. The molecule has 6 nitrogen and oxygen atoms in total. The third kappa shape index (κ3) is 2.94. The third-order valence-corrected chi connectivity index (χ3v) is 3.76. The van der Waals surface area contributed by atoms with Gasteiger partial charge in [0.1, 0.15) is 6.54 Å². The van der Waals surface area contributed by atoms with Gasteiger partial charge in [0.15, 0.2) is 0 Å². The van der Waals surface area contributed by atoms with Gasteiger partial charge in [0, 0.05) is 30.9 Å². The first kappa shape index (κ1) is 13.7. The molecule has 0 aliphatic carbocycles. The van der Waals surface area contributed by atoms with Crippen molar-refractivity contribution in [3.05, 3.63) is 41.5 Å². The van der Waals surface area contributed by atoms with Gasteiger partial charge >= 0.3 is 0 Å². The fourth-order valence-corrected chi connectivity index (χ4v) is 2.51. The second-order valence-corrected chi connectivity index (χ2v) is 5.62. The highest BCUT2D eigenvalue weighted by atomic mass is 16.2. The van der Waals surface area contributed by atoms with Crippen LogP contribution in [0.3, 0.4) is 0 Å². The fourth-order valence-electron chi connectivity index (χ4n) is 2.51. The van der Waals surface area contributed by atoms with E-state index in [1.54, 1.807) is 12.4 Å². The van der Waals surface area contributed by atoms with Crippen LogP contribution >= 0.6 is 0 Å². The molecule has 0 N–H and O–H groups in total.